The van der Waals surface area contributed by atoms with Crippen LogP contribution >= 0.6 is 11.3 Å². The largest absolute Gasteiger partial charge is 0.293 e. The normalized spacial score (nSPS) is 9.20. The van der Waals surface area contributed by atoms with Gasteiger partial charge in [0.25, 0.3) is 0 Å². The maximum absolute atomic E-state index is 11.0. The second-order valence-corrected chi connectivity index (χ2v) is 2.84. The second kappa shape index (κ2) is 3.32. The molecule has 0 atom stereocenters. The van der Waals surface area contributed by atoms with E-state index in [1.54, 1.807) is 6.08 Å². The topological polar surface area (TPSA) is 17.1 Å². The average molecular weight is 152 g/mol. The first-order chi connectivity index (χ1) is 4.84. The number of carbonyl (C=O) groups excluding carboxylic acids is 1. The van der Waals surface area contributed by atoms with Gasteiger partial charge in [0.15, 0.2) is 5.78 Å². The van der Waals surface area contributed by atoms with E-state index in [9.17, 15) is 4.79 Å². The van der Waals surface area contributed by atoms with Crippen LogP contribution in [-0.4, -0.2) is 5.78 Å². The molecule has 0 N–H and O–H groups in total. The SMILES string of the molecule is C=CCC(=O)c1cccs1. The third-order valence-corrected chi connectivity index (χ3v) is 2.04. The monoisotopic (exact) mass is 152 g/mol. The molecule has 1 aromatic rings. The molecule has 0 unspecified atom stereocenters. The van der Waals surface area contributed by atoms with Crippen molar-refractivity contribution >= 4 is 17.1 Å². The van der Waals surface area contributed by atoms with Crippen molar-refractivity contribution in [3.05, 3.63) is 35.0 Å². The fourth-order valence-electron chi connectivity index (χ4n) is 0.669. The van der Waals surface area contributed by atoms with E-state index in [0.29, 0.717) is 6.42 Å². The lowest BCUT2D eigenvalue weighted by atomic mass is 10.2. The van der Waals surface area contributed by atoms with E-state index in [2.05, 4.69) is 6.58 Å². The Balaban J connectivity index is 2.68. The molecule has 0 aliphatic carbocycles. The summed E-state index contributed by atoms with van der Waals surface area (Å²) >= 11 is 1.47. The van der Waals surface area contributed by atoms with Gasteiger partial charge < -0.3 is 0 Å². The predicted molar refractivity (Wildman–Crippen MR) is 43.5 cm³/mol. The Kier molecular flexibility index (Phi) is 2.40. The maximum atomic E-state index is 11.0. The molecule has 1 heterocycles. The summed E-state index contributed by atoms with van der Waals surface area (Å²) in [5.74, 6) is 0.157. The Morgan fingerprint density at radius 2 is 2.60 bits per heavy atom. The molecule has 0 aromatic carbocycles. The van der Waals surface area contributed by atoms with Crippen LogP contribution in [0.25, 0.3) is 0 Å². The van der Waals surface area contributed by atoms with Gasteiger partial charge in [-0.1, -0.05) is 12.1 Å². The summed E-state index contributed by atoms with van der Waals surface area (Å²) in [4.78, 5) is 11.9. The number of hydrogen-bond acceptors (Lipinski definition) is 2. The number of thiophene rings is 1. The van der Waals surface area contributed by atoms with E-state index in [-0.39, 0.29) is 5.78 Å². The molecule has 0 aliphatic rings. The molecule has 0 bridgehead atoms. The summed E-state index contributed by atoms with van der Waals surface area (Å²) in [7, 11) is 0. The first-order valence-corrected chi connectivity index (χ1v) is 3.90. The summed E-state index contributed by atoms with van der Waals surface area (Å²) < 4.78 is 0. The average Bonchev–Trinajstić information content (AvgIpc) is 2.38. The predicted octanol–water partition coefficient (Wildman–Crippen LogP) is 2.51. The molecule has 0 saturated carbocycles. The number of ketones is 1. The third kappa shape index (κ3) is 1.54. The van der Waals surface area contributed by atoms with Crippen LogP contribution in [-0.2, 0) is 0 Å². The molecule has 1 nitrogen and oxygen atoms in total. The van der Waals surface area contributed by atoms with E-state index in [0.717, 1.165) is 4.88 Å². The van der Waals surface area contributed by atoms with Gasteiger partial charge in [0.1, 0.15) is 0 Å². The van der Waals surface area contributed by atoms with Gasteiger partial charge in [-0.25, -0.2) is 0 Å². The van der Waals surface area contributed by atoms with Crippen LogP contribution in [0.15, 0.2) is 30.2 Å². The lowest BCUT2D eigenvalue weighted by Gasteiger charge is -1.87. The van der Waals surface area contributed by atoms with E-state index in [1.807, 2.05) is 17.5 Å². The molecule has 10 heavy (non-hydrogen) atoms. The van der Waals surface area contributed by atoms with E-state index in [1.165, 1.54) is 11.3 Å². The van der Waals surface area contributed by atoms with E-state index < -0.39 is 0 Å². The minimum Gasteiger partial charge on any atom is -0.293 e. The number of hydrogen-bond donors (Lipinski definition) is 0. The van der Waals surface area contributed by atoms with Gasteiger partial charge in [-0.2, -0.15) is 0 Å². The van der Waals surface area contributed by atoms with Crippen LogP contribution in [0, 0.1) is 0 Å². The fourth-order valence-corrected chi connectivity index (χ4v) is 1.34. The molecule has 1 rings (SSSR count). The van der Waals surface area contributed by atoms with Crippen LogP contribution < -0.4 is 0 Å². The molecule has 0 aliphatic heterocycles. The van der Waals surface area contributed by atoms with Gasteiger partial charge in [0.05, 0.1) is 4.88 Å². The summed E-state index contributed by atoms with van der Waals surface area (Å²) in [5.41, 5.74) is 0. The molecule has 0 spiro atoms. The molecule has 0 saturated heterocycles. The van der Waals surface area contributed by atoms with Crippen LogP contribution in [0.3, 0.4) is 0 Å². The van der Waals surface area contributed by atoms with Crippen molar-refractivity contribution in [2.24, 2.45) is 0 Å². The van der Waals surface area contributed by atoms with Crippen LogP contribution in [0.1, 0.15) is 16.1 Å². The first-order valence-electron chi connectivity index (χ1n) is 3.02. The summed E-state index contributed by atoms with van der Waals surface area (Å²) in [6, 6.07) is 3.71. The molecular weight excluding hydrogens is 144 g/mol. The van der Waals surface area contributed by atoms with Gasteiger partial charge in [0, 0.05) is 6.42 Å². The number of rotatable bonds is 3. The van der Waals surface area contributed by atoms with Crippen molar-refractivity contribution in [2.75, 3.05) is 0 Å². The van der Waals surface area contributed by atoms with Crippen LogP contribution in [0.5, 0.6) is 0 Å². The Hall–Kier alpha value is -0.890. The lowest BCUT2D eigenvalue weighted by molar-refractivity contribution is 0.1000. The molecule has 0 radical (unpaired) electrons. The lowest BCUT2D eigenvalue weighted by Crippen LogP contribution is -1.91. The minimum atomic E-state index is 0.157. The smallest absolute Gasteiger partial charge is 0.176 e. The van der Waals surface area contributed by atoms with E-state index in [4.69, 9.17) is 0 Å². The zero-order valence-corrected chi connectivity index (χ0v) is 6.36. The molecule has 0 fully saturated rings. The highest BCUT2D eigenvalue weighted by atomic mass is 32.1. The number of allylic oxidation sites excluding steroid dienone is 1. The van der Waals surface area contributed by atoms with Crippen LogP contribution in [0.2, 0.25) is 0 Å². The highest BCUT2D eigenvalue weighted by Crippen LogP contribution is 2.10. The van der Waals surface area contributed by atoms with Crippen molar-refractivity contribution < 1.29 is 4.79 Å². The number of Topliss-reactive ketones (excluding diaryl/α,β-unsaturated/α-hetero) is 1. The Morgan fingerprint density at radius 1 is 1.80 bits per heavy atom. The molecule has 0 amide bonds. The first kappa shape index (κ1) is 7.22. The Morgan fingerprint density at radius 3 is 3.10 bits per heavy atom. The zero-order valence-electron chi connectivity index (χ0n) is 5.54. The second-order valence-electron chi connectivity index (χ2n) is 1.89. The third-order valence-electron chi connectivity index (χ3n) is 1.13. The zero-order chi connectivity index (χ0) is 7.40. The summed E-state index contributed by atoms with van der Waals surface area (Å²) in [5, 5.41) is 1.90. The highest BCUT2D eigenvalue weighted by molar-refractivity contribution is 7.12. The van der Waals surface area contributed by atoms with Crippen molar-refractivity contribution in [2.45, 2.75) is 6.42 Å². The van der Waals surface area contributed by atoms with Gasteiger partial charge in [-0.3, -0.25) is 4.79 Å². The van der Waals surface area contributed by atoms with Gasteiger partial charge >= 0.3 is 0 Å². The summed E-state index contributed by atoms with van der Waals surface area (Å²) in [6.07, 6.45) is 2.07. The van der Waals surface area contributed by atoms with Crippen molar-refractivity contribution in [1.82, 2.24) is 0 Å². The quantitative estimate of drug-likeness (QED) is 0.480. The van der Waals surface area contributed by atoms with Gasteiger partial charge in [-0.05, 0) is 11.4 Å². The molecule has 52 valence electrons. The van der Waals surface area contributed by atoms with Crippen molar-refractivity contribution in [3.8, 4) is 0 Å². The van der Waals surface area contributed by atoms with Crippen molar-refractivity contribution in [3.63, 3.8) is 0 Å². The van der Waals surface area contributed by atoms with Crippen molar-refractivity contribution in [1.29, 1.82) is 0 Å². The van der Waals surface area contributed by atoms with Gasteiger partial charge in [-0.15, -0.1) is 17.9 Å². The fraction of sp³-hybridized carbons (Fsp3) is 0.125. The molecule has 2 heteroatoms. The molecule has 1 aromatic heterocycles. The van der Waals surface area contributed by atoms with E-state index >= 15 is 0 Å². The summed E-state index contributed by atoms with van der Waals surface area (Å²) in [6.45, 7) is 3.49. The Labute approximate surface area is 64.0 Å². The molecular formula is C8H8OS. The van der Waals surface area contributed by atoms with Crippen LogP contribution in [0.4, 0.5) is 0 Å². The number of carbonyl (C=O) groups is 1. The Bertz CT molecular complexity index is 223. The maximum Gasteiger partial charge on any atom is 0.176 e. The minimum absolute atomic E-state index is 0.157. The standard InChI is InChI=1S/C8H8OS/c1-2-4-7(9)8-5-3-6-10-8/h2-3,5-6H,1,4H2. The highest BCUT2D eigenvalue weighted by Gasteiger charge is 2.01. The van der Waals surface area contributed by atoms with Gasteiger partial charge in [0.2, 0.25) is 0 Å².